The van der Waals surface area contributed by atoms with Crippen molar-refractivity contribution in [3.05, 3.63) is 23.5 Å². The predicted octanol–water partition coefficient (Wildman–Crippen LogP) is 1.83. The summed E-state index contributed by atoms with van der Waals surface area (Å²) in [7, 11) is 3.30. The summed E-state index contributed by atoms with van der Waals surface area (Å²) in [6, 6.07) is 1.39. The summed E-state index contributed by atoms with van der Waals surface area (Å²) in [6.45, 7) is 0. The van der Waals surface area contributed by atoms with E-state index in [9.17, 15) is 4.79 Å². The van der Waals surface area contributed by atoms with Gasteiger partial charge in [0, 0.05) is 20.3 Å². The van der Waals surface area contributed by atoms with Gasteiger partial charge in [0.25, 0.3) is 0 Å². The maximum absolute atomic E-state index is 11.2. The van der Waals surface area contributed by atoms with Crippen LogP contribution in [0.3, 0.4) is 0 Å². The van der Waals surface area contributed by atoms with Gasteiger partial charge in [-0.2, -0.15) is 0 Å². The van der Waals surface area contributed by atoms with Crippen molar-refractivity contribution in [2.24, 2.45) is 0 Å². The molecule has 0 saturated carbocycles. The number of pyridine rings is 1. The second-order valence-electron chi connectivity index (χ2n) is 2.68. The second-order valence-corrected chi connectivity index (χ2v) is 3.09. The van der Waals surface area contributed by atoms with Gasteiger partial charge in [0.2, 0.25) is 0 Å². The number of nitrogens with zero attached hydrogens (tertiary/aromatic N) is 2. The van der Waals surface area contributed by atoms with Gasteiger partial charge in [-0.25, -0.2) is 4.79 Å². The predicted molar refractivity (Wildman–Crippen MR) is 52.0 cm³/mol. The molecule has 0 bridgehead atoms. The van der Waals surface area contributed by atoms with E-state index in [2.05, 4.69) is 10.3 Å². The van der Waals surface area contributed by atoms with E-state index in [-0.39, 0.29) is 6.03 Å². The van der Waals surface area contributed by atoms with Crippen LogP contribution in [0.1, 0.15) is 0 Å². The van der Waals surface area contributed by atoms with Gasteiger partial charge in [-0.3, -0.25) is 4.98 Å². The molecule has 0 aliphatic heterocycles. The Morgan fingerprint density at radius 2 is 2.31 bits per heavy atom. The van der Waals surface area contributed by atoms with Crippen LogP contribution < -0.4 is 5.32 Å². The third kappa shape index (κ3) is 2.59. The highest BCUT2D eigenvalue weighted by atomic mass is 35.5. The quantitative estimate of drug-likeness (QED) is 0.750. The van der Waals surface area contributed by atoms with E-state index in [4.69, 9.17) is 11.6 Å². The summed E-state index contributed by atoms with van der Waals surface area (Å²) in [5.41, 5.74) is 0.517. The van der Waals surface area contributed by atoms with Crippen molar-refractivity contribution in [3.63, 3.8) is 0 Å². The topological polar surface area (TPSA) is 45.2 Å². The summed E-state index contributed by atoms with van der Waals surface area (Å²) < 4.78 is 0. The van der Waals surface area contributed by atoms with Gasteiger partial charge in [0.05, 0.1) is 16.9 Å². The molecule has 0 aliphatic carbocycles. The van der Waals surface area contributed by atoms with Crippen LogP contribution >= 0.6 is 11.6 Å². The smallest absolute Gasteiger partial charge is 0.321 e. The zero-order valence-electron chi connectivity index (χ0n) is 7.41. The molecule has 4 nitrogen and oxygen atoms in total. The highest BCUT2D eigenvalue weighted by Gasteiger charge is 2.06. The van der Waals surface area contributed by atoms with Crippen molar-refractivity contribution in [3.8, 4) is 0 Å². The Hall–Kier alpha value is -1.29. The van der Waals surface area contributed by atoms with E-state index >= 15 is 0 Å². The Morgan fingerprint density at radius 1 is 1.62 bits per heavy atom. The Balaban J connectivity index is 2.75. The molecule has 0 spiro atoms. The van der Waals surface area contributed by atoms with E-state index < -0.39 is 0 Å². The molecule has 13 heavy (non-hydrogen) atoms. The van der Waals surface area contributed by atoms with Gasteiger partial charge in [0.1, 0.15) is 0 Å². The molecule has 0 radical (unpaired) electrons. The molecule has 0 atom stereocenters. The first-order valence-corrected chi connectivity index (χ1v) is 4.07. The number of hydrogen-bond donors (Lipinski definition) is 1. The lowest BCUT2D eigenvalue weighted by Crippen LogP contribution is -2.27. The molecule has 70 valence electrons. The number of amides is 2. The van der Waals surface area contributed by atoms with Crippen molar-refractivity contribution in [1.82, 2.24) is 9.88 Å². The van der Waals surface area contributed by atoms with Gasteiger partial charge in [-0.05, 0) is 6.07 Å². The summed E-state index contributed by atoms with van der Waals surface area (Å²) in [4.78, 5) is 16.5. The van der Waals surface area contributed by atoms with E-state index in [1.165, 1.54) is 11.1 Å². The van der Waals surface area contributed by atoms with Gasteiger partial charge in [-0.1, -0.05) is 11.6 Å². The highest BCUT2D eigenvalue weighted by Crippen LogP contribution is 2.18. The summed E-state index contributed by atoms with van der Waals surface area (Å²) in [6.07, 6.45) is 3.07. The summed E-state index contributed by atoms with van der Waals surface area (Å²) >= 11 is 5.80. The van der Waals surface area contributed by atoms with Gasteiger partial charge in [0.15, 0.2) is 0 Å². The largest absolute Gasteiger partial charge is 0.331 e. The molecule has 0 saturated heterocycles. The lowest BCUT2D eigenvalue weighted by Gasteiger charge is -2.12. The summed E-state index contributed by atoms with van der Waals surface area (Å²) in [5, 5.41) is 3.08. The minimum Gasteiger partial charge on any atom is -0.331 e. The van der Waals surface area contributed by atoms with E-state index in [1.54, 1.807) is 26.4 Å². The molecule has 1 aromatic heterocycles. The van der Waals surface area contributed by atoms with E-state index in [0.29, 0.717) is 10.7 Å². The van der Waals surface area contributed by atoms with Crippen LogP contribution in [0.5, 0.6) is 0 Å². The lowest BCUT2D eigenvalue weighted by atomic mass is 10.4. The third-order valence-corrected chi connectivity index (χ3v) is 1.75. The van der Waals surface area contributed by atoms with Crippen molar-refractivity contribution < 1.29 is 4.79 Å². The first-order valence-electron chi connectivity index (χ1n) is 3.69. The Kier molecular flexibility index (Phi) is 3.08. The van der Waals surface area contributed by atoms with Crippen LogP contribution in [0.15, 0.2) is 18.5 Å². The van der Waals surface area contributed by atoms with Gasteiger partial charge < -0.3 is 10.2 Å². The maximum atomic E-state index is 11.2. The minimum absolute atomic E-state index is 0.227. The SMILES string of the molecule is CN(C)C(=O)Nc1cnccc1Cl. The van der Waals surface area contributed by atoms with Crippen LogP contribution in [0, 0.1) is 0 Å². The zero-order valence-corrected chi connectivity index (χ0v) is 8.17. The monoisotopic (exact) mass is 199 g/mol. The number of carbonyl (C=O) groups excluding carboxylic acids is 1. The molecule has 1 aromatic rings. The van der Waals surface area contributed by atoms with Crippen LogP contribution in [0.2, 0.25) is 5.02 Å². The molecule has 5 heteroatoms. The van der Waals surface area contributed by atoms with E-state index in [0.717, 1.165) is 0 Å². The fourth-order valence-corrected chi connectivity index (χ4v) is 0.849. The maximum Gasteiger partial charge on any atom is 0.321 e. The number of nitrogens with one attached hydrogen (secondary N) is 1. The fourth-order valence-electron chi connectivity index (χ4n) is 0.696. The van der Waals surface area contributed by atoms with Crippen molar-refractivity contribution in [2.45, 2.75) is 0 Å². The van der Waals surface area contributed by atoms with Crippen LogP contribution in [0.25, 0.3) is 0 Å². The first kappa shape index (κ1) is 9.80. The molecule has 0 aromatic carbocycles. The number of hydrogen-bond acceptors (Lipinski definition) is 2. The minimum atomic E-state index is -0.227. The molecule has 1 heterocycles. The molecule has 2 amide bonds. The summed E-state index contributed by atoms with van der Waals surface area (Å²) in [5.74, 6) is 0. The van der Waals surface area contributed by atoms with Gasteiger partial charge >= 0.3 is 6.03 Å². The number of carbonyl (C=O) groups is 1. The molecule has 0 aliphatic rings. The number of urea groups is 1. The fraction of sp³-hybridized carbons (Fsp3) is 0.250. The Morgan fingerprint density at radius 3 is 2.85 bits per heavy atom. The van der Waals surface area contributed by atoms with Crippen molar-refractivity contribution in [1.29, 1.82) is 0 Å². The lowest BCUT2D eigenvalue weighted by molar-refractivity contribution is 0.230. The van der Waals surface area contributed by atoms with Crippen LogP contribution in [-0.2, 0) is 0 Å². The number of aromatic nitrogens is 1. The average molecular weight is 200 g/mol. The van der Waals surface area contributed by atoms with Crippen LogP contribution in [-0.4, -0.2) is 30.0 Å². The standard InChI is InChI=1S/C8H10ClN3O/c1-12(2)8(13)11-7-5-10-4-3-6(7)9/h3-5H,1-2H3,(H,11,13). The van der Waals surface area contributed by atoms with E-state index in [1.807, 2.05) is 0 Å². The van der Waals surface area contributed by atoms with Gasteiger partial charge in [-0.15, -0.1) is 0 Å². The molecule has 1 rings (SSSR count). The van der Waals surface area contributed by atoms with Crippen molar-refractivity contribution in [2.75, 3.05) is 19.4 Å². The number of anilines is 1. The molecule has 0 fully saturated rings. The highest BCUT2D eigenvalue weighted by molar-refractivity contribution is 6.33. The number of halogens is 1. The van der Waals surface area contributed by atoms with Crippen LogP contribution in [0.4, 0.5) is 10.5 Å². The van der Waals surface area contributed by atoms with Crippen molar-refractivity contribution >= 4 is 23.3 Å². The zero-order chi connectivity index (χ0) is 9.84. The molecular formula is C8H10ClN3O. The third-order valence-electron chi connectivity index (χ3n) is 1.42. The average Bonchev–Trinajstić information content (AvgIpc) is 2.08. The molecular weight excluding hydrogens is 190 g/mol. The Bertz CT molecular complexity index is 314. The second kappa shape index (κ2) is 4.09. The first-order chi connectivity index (χ1) is 6.11. The number of rotatable bonds is 1. The normalized spacial score (nSPS) is 9.46. The Labute approximate surface area is 81.5 Å². The molecule has 0 unspecified atom stereocenters. The molecule has 1 N–H and O–H groups in total.